The molecule has 0 aliphatic carbocycles. The zero-order valence-electron chi connectivity index (χ0n) is 14.4. The first-order valence-electron chi connectivity index (χ1n) is 8.00. The third kappa shape index (κ3) is 4.35. The summed E-state index contributed by atoms with van der Waals surface area (Å²) in [6.45, 7) is 0. The van der Waals surface area contributed by atoms with Crippen molar-refractivity contribution in [2.45, 2.75) is 10.6 Å². The molecule has 1 aromatic heterocycles. The second kappa shape index (κ2) is 7.90. The monoisotopic (exact) mass is 401 g/mol. The van der Waals surface area contributed by atoms with Gasteiger partial charge in [0.15, 0.2) is 15.6 Å². The average molecular weight is 402 g/mol. The van der Waals surface area contributed by atoms with E-state index in [1.807, 2.05) is 0 Å². The van der Waals surface area contributed by atoms with Gasteiger partial charge in [0.25, 0.3) is 0 Å². The number of aromatic nitrogens is 1. The van der Waals surface area contributed by atoms with Gasteiger partial charge in [0, 0.05) is 28.5 Å². The third-order valence-corrected chi connectivity index (χ3v) is 5.94. The highest BCUT2D eigenvalue weighted by Crippen LogP contribution is 2.25. The Bertz CT molecular complexity index is 1060. The average Bonchev–Trinajstić information content (AvgIpc) is 2.69. The molecule has 3 aromatic rings. The van der Waals surface area contributed by atoms with Gasteiger partial charge in [-0.3, -0.25) is 9.78 Å². The Balaban J connectivity index is 1.98. The molecule has 0 radical (unpaired) electrons. The fourth-order valence-electron chi connectivity index (χ4n) is 2.62. The number of hydrogen-bond donors (Lipinski definition) is 0. The van der Waals surface area contributed by atoms with Gasteiger partial charge in [0.2, 0.25) is 0 Å². The van der Waals surface area contributed by atoms with Gasteiger partial charge in [-0.05, 0) is 54.1 Å². The molecule has 0 fully saturated rings. The number of carbonyl (C=O) groups is 1. The van der Waals surface area contributed by atoms with Crippen molar-refractivity contribution in [3.8, 4) is 5.75 Å². The molecule has 1 heterocycles. The van der Waals surface area contributed by atoms with E-state index in [2.05, 4.69) is 4.98 Å². The van der Waals surface area contributed by atoms with Gasteiger partial charge in [-0.2, -0.15) is 0 Å². The lowest BCUT2D eigenvalue weighted by Gasteiger charge is -2.11. The van der Waals surface area contributed by atoms with Gasteiger partial charge in [0.1, 0.15) is 5.75 Å². The molecule has 0 bridgehead atoms. The van der Waals surface area contributed by atoms with Crippen LogP contribution in [0.3, 0.4) is 0 Å². The first-order valence-corrected chi connectivity index (χ1v) is 10.0. The highest BCUT2D eigenvalue weighted by atomic mass is 35.5. The van der Waals surface area contributed by atoms with Crippen LogP contribution < -0.4 is 4.74 Å². The predicted octanol–water partition coefficient (Wildman–Crippen LogP) is 3.95. The summed E-state index contributed by atoms with van der Waals surface area (Å²) in [7, 11) is -2.14. The number of pyridine rings is 1. The van der Waals surface area contributed by atoms with Crippen LogP contribution in [0.2, 0.25) is 5.02 Å². The second-order valence-corrected chi connectivity index (χ2v) is 8.23. The first-order chi connectivity index (χ1) is 12.9. The van der Waals surface area contributed by atoms with E-state index >= 15 is 0 Å². The van der Waals surface area contributed by atoms with Crippen LogP contribution in [-0.2, 0) is 15.6 Å². The molecule has 138 valence electrons. The van der Waals surface area contributed by atoms with E-state index in [0.717, 1.165) is 0 Å². The maximum absolute atomic E-state index is 12.8. The Labute approximate surface area is 162 Å². The van der Waals surface area contributed by atoms with Crippen LogP contribution in [0, 0.1) is 0 Å². The van der Waals surface area contributed by atoms with Gasteiger partial charge < -0.3 is 4.74 Å². The second-order valence-electron chi connectivity index (χ2n) is 5.80. The van der Waals surface area contributed by atoms with Crippen molar-refractivity contribution in [1.29, 1.82) is 0 Å². The van der Waals surface area contributed by atoms with E-state index in [1.165, 1.54) is 37.7 Å². The van der Waals surface area contributed by atoms with E-state index in [-0.39, 0.29) is 22.0 Å². The quantitative estimate of drug-likeness (QED) is 0.585. The summed E-state index contributed by atoms with van der Waals surface area (Å²) in [4.78, 5) is 16.9. The predicted molar refractivity (Wildman–Crippen MR) is 103 cm³/mol. The molecular formula is C20H16ClNO4S. The molecule has 0 N–H and O–H groups in total. The molecule has 0 amide bonds. The molecule has 5 nitrogen and oxygen atoms in total. The smallest absolute Gasteiger partial charge is 0.193 e. The molecule has 0 unspecified atom stereocenters. The molecule has 27 heavy (non-hydrogen) atoms. The molecule has 0 saturated heterocycles. The summed E-state index contributed by atoms with van der Waals surface area (Å²) < 4.78 is 30.7. The Hall–Kier alpha value is -2.70. The number of methoxy groups -OCH3 is 1. The van der Waals surface area contributed by atoms with E-state index in [4.69, 9.17) is 16.3 Å². The topological polar surface area (TPSA) is 73.3 Å². The highest BCUT2D eigenvalue weighted by Gasteiger charge is 2.21. The van der Waals surface area contributed by atoms with E-state index in [9.17, 15) is 13.2 Å². The van der Waals surface area contributed by atoms with Gasteiger partial charge in [-0.1, -0.05) is 17.7 Å². The van der Waals surface area contributed by atoms with Gasteiger partial charge >= 0.3 is 0 Å². The Morgan fingerprint density at radius 3 is 2.33 bits per heavy atom. The molecule has 3 rings (SSSR count). The number of sulfone groups is 1. The minimum absolute atomic E-state index is 0.153. The Morgan fingerprint density at radius 1 is 1.04 bits per heavy atom. The number of halogens is 1. The molecular weight excluding hydrogens is 386 g/mol. The van der Waals surface area contributed by atoms with Crippen molar-refractivity contribution < 1.29 is 17.9 Å². The van der Waals surface area contributed by atoms with E-state index in [1.54, 1.807) is 36.4 Å². The minimum atomic E-state index is -3.65. The largest absolute Gasteiger partial charge is 0.497 e. The lowest BCUT2D eigenvalue weighted by molar-refractivity contribution is 0.103. The lowest BCUT2D eigenvalue weighted by Crippen LogP contribution is -2.11. The lowest BCUT2D eigenvalue weighted by atomic mass is 10.00. The number of carbonyl (C=O) groups excluding carboxylic acids is 1. The van der Waals surface area contributed by atoms with Crippen molar-refractivity contribution in [3.63, 3.8) is 0 Å². The van der Waals surface area contributed by atoms with Crippen LogP contribution in [-0.4, -0.2) is 26.3 Å². The van der Waals surface area contributed by atoms with Crippen molar-refractivity contribution in [2.24, 2.45) is 0 Å². The number of ether oxygens (including phenoxy) is 1. The summed E-state index contributed by atoms with van der Waals surface area (Å²) in [5, 5.41) is 0.359. The summed E-state index contributed by atoms with van der Waals surface area (Å²) >= 11 is 6.04. The number of nitrogens with zero attached hydrogens (tertiary/aromatic N) is 1. The number of ketones is 1. The van der Waals surface area contributed by atoms with Crippen LogP contribution in [0.15, 0.2) is 71.9 Å². The van der Waals surface area contributed by atoms with Crippen molar-refractivity contribution >= 4 is 27.2 Å². The zero-order chi connectivity index (χ0) is 19.4. The summed E-state index contributed by atoms with van der Waals surface area (Å²) in [5.41, 5.74) is 1.05. The van der Waals surface area contributed by atoms with E-state index in [0.29, 0.717) is 21.9 Å². The van der Waals surface area contributed by atoms with Crippen LogP contribution in [0.5, 0.6) is 5.75 Å². The number of rotatable bonds is 6. The number of benzene rings is 2. The van der Waals surface area contributed by atoms with Crippen LogP contribution in [0.25, 0.3) is 0 Å². The highest BCUT2D eigenvalue weighted by molar-refractivity contribution is 7.90. The number of hydrogen-bond acceptors (Lipinski definition) is 5. The van der Waals surface area contributed by atoms with Crippen LogP contribution in [0.1, 0.15) is 21.5 Å². The zero-order valence-corrected chi connectivity index (χ0v) is 16.0. The fourth-order valence-corrected chi connectivity index (χ4v) is 4.17. The molecule has 2 aromatic carbocycles. The third-order valence-electron chi connectivity index (χ3n) is 4.02. The Morgan fingerprint density at radius 2 is 1.70 bits per heavy atom. The van der Waals surface area contributed by atoms with Gasteiger partial charge in [-0.15, -0.1) is 0 Å². The standard InChI is InChI=1S/C20H16ClNO4S/c1-26-17-4-6-18(7-5-17)27(24,25)13-15-2-3-16(21)12-19(15)20(23)14-8-10-22-11-9-14/h2-12H,13H2,1H3. The molecule has 0 spiro atoms. The van der Waals surface area contributed by atoms with Crippen LogP contribution >= 0.6 is 11.6 Å². The van der Waals surface area contributed by atoms with Gasteiger partial charge in [-0.25, -0.2) is 8.42 Å². The SMILES string of the molecule is COc1ccc(S(=O)(=O)Cc2ccc(Cl)cc2C(=O)c2ccncc2)cc1. The van der Waals surface area contributed by atoms with Crippen LogP contribution in [0.4, 0.5) is 0 Å². The molecule has 7 heteroatoms. The van der Waals surface area contributed by atoms with Gasteiger partial charge in [0.05, 0.1) is 17.8 Å². The normalized spacial score (nSPS) is 11.2. The maximum Gasteiger partial charge on any atom is 0.193 e. The Kier molecular flexibility index (Phi) is 5.58. The molecule has 0 aliphatic rings. The van der Waals surface area contributed by atoms with E-state index < -0.39 is 9.84 Å². The first kappa shape index (κ1) is 19.1. The van der Waals surface area contributed by atoms with Crippen molar-refractivity contribution in [1.82, 2.24) is 4.98 Å². The summed E-state index contributed by atoms with van der Waals surface area (Å²) in [6.07, 6.45) is 3.01. The summed E-state index contributed by atoms with van der Waals surface area (Å²) in [6, 6.07) is 13.9. The minimum Gasteiger partial charge on any atom is -0.497 e. The van der Waals surface area contributed by atoms with Crippen molar-refractivity contribution in [2.75, 3.05) is 7.11 Å². The maximum atomic E-state index is 12.8. The molecule has 0 saturated carbocycles. The fraction of sp³-hybridized carbons (Fsp3) is 0.100. The summed E-state index contributed by atoms with van der Waals surface area (Å²) in [5.74, 6) is -0.0586. The molecule has 0 atom stereocenters. The van der Waals surface area contributed by atoms with Crippen molar-refractivity contribution in [3.05, 3.63) is 88.7 Å². The molecule has 0 aliphatic heterocycles.